The van der Waals surface area contributed by atoms with Gasteiger partial charge in [-0.3, -0.25) is 0 Å². The number of ether oxygens (including phenoxy) is 1. The third kappa shape index (κ3) is 4.39. The molecule has 1 N–H and O–H groups in total. The SMILES string of the molecule is CCNCc1cccc(OCc2ccc(CC)cc2)c1. The maximum Gasteiger partial charge on any atom is 0.120 e. The fourth-order valence-corrected chi connectivity index (χ4v) is 2.05. The van der Waals surface area contributed by atoms with Crippen LogP contribution in [0.15, 0.2) is 48.5 Å². The van der Waals surface area contributed by atoms with E-state index in [2.05, 4.69) is 55.6 Å². The van der Waals surface area contributed by atoms with E-state index in [1.165, 1.54) is 16.7 Å². The first-order valence-electron chi connectivity index (χ1n) is 7.32. The number of benzene rings is 2. The molecule has 2 aromatic carbocycles. The van der Waals surface area contributed by atoms with Gasteiger partial charge in [0.2, 0.25) is 0 Å². The Morgan fingerprint density at radius 3 is 2.35 bits per heavy atom. The highest BCUT2D eigenvalue weighted by atomic mass is 16.5. The second kappa shape index (κ2) is 7.71. The largest absolute Gasteiger partial charge is 0.489 e. The van der Waals surface area contributed by atoms with Gasteiger partial charge in [0.1, 0.15) is 12.4 Å². The fourth-order valence-electron chi connectivity index (χ4n) is 2.05. The highest BCUT2D eigenvalue weighted by Gasteiger charge is 1.98. The summed E-state index contributed by atoms with van der Waals surface area (Å²) < 4.78 is 5.86. The maximum atomic E-state index is 5.86. The molecule has 0 saturated heterocycles. The molecule has 0 heterocycles. The molecule has 20 heavy (non-hydrogen) atoms. The number of aryl methyl sites for hydroxylation is 1. The summed E-state index contributed by atoms with van der Waals surface area (Å²) in [5, 5.41) is 3.32. The minimum absolute atomic E-state index is 0.620. The van der Waals surface area contributed by atoms with Gasteiger partial charge in [-0.05, 0) is 41.8 Å². The van der Waals surface area contributed by atoms with E-state index in [4.69, 9.17) is 4.74 Å². The van der Waals surface area contributed by atoms with Crippen LogP contribution in [-0.4, -0.2) is 6.54 Å². The van der Waals surface area contributed by atoms with E-state index in [1.807, 2.05) is 12.1 Å². The van der Waals surface area contributed by atoms with Crippen LogP contribution in [0.3, 0.4) is 0 Å². The molecule has 0 fully saturated rings. The van der Waals surface area contributed by atoms with Crippen molar-refractivity contribution in [2.75, 3.05) is 6.54 Å². The maximum absolute atomic E-state index is 5.86. The molecule has 0 aromatic heterocycles. The zero-order valence-electron chi connectivity index (χ0n) is 12.4. The van der Waals surface area contributed by atoms with E-state index in [0.717, 1.165) is 25.3 Å². The van der Waals surface area contributed by atoms with E-state index >= 15 is 0 Å². The monoisotopic (exact) mass is 269 g/mol. The zero-order valence-corrected chi connectivity index (χ0v) is 12.4. The van der Waals surface area contributed by atoms with Crippen LogP contribution < -0.4 is 10.1 Å². The molecule has 0 bridgehead atoms. The molecule has 2 aromatic rings. The Balaban J connectivity index is 1.92. The van der Waals surface area contributed by atoms with E-state index in [-0.39, 0.29) is 0 Å². The van der Waals surface area contributed by atoms with Crippen LogP contribution in [0.5, 0.6) is 5.75 Å². The molecule has 0 aliphatic heterocycles. The van der Waals surface area contributed by atoms with Gasteiger partial charge in [-0.25, -0.2) is 0 Å². The van der Waals surface area contributed by atoms with Crippen molar-refractivity contribution in [2.24, 2.45) is 0 Å². The van der Waals surface area contributed by atoms with Crippen LogP contribution in [0.1, 0.15) is 30.5 Å². The zero-order chi connectivity index (χ0) is 14.2. The molecule has 0 saturated carbocycles. The molecule has 106 valence electrons. The second-order valence-electron chi connectivity index (χ2n) is 4.89. The van der Waals surface area contributed by atoms with Crippen LogP contribution in [0.4, 0.5) is 0 Å². The van der Waals surface area contributed by atoms with Crippen LogP contribution in [-0.2, 0) is 19.6 Å². The standard InChI is InChI=1S/C18H23NO/c1-3-15-8-10-16(11-9-15)14-20-18-7-5-6-17(12-18)13-19-4-2/h5-12,19H,3-4,13-14H2,1-2H3. The molecule has 2 heteroatoms. The van der Waals surface area contributed by atoms with Crippen molar-refractivity contribution >= 4 is 0 Å². The van der Waals surface area contributed by atoms with Gasteiger partial charge >= 0.3 is 0 Å². The third-order valence-electron chi connectivity index (χ3n) is 3.31. The average Bonchev–Trinajstić information content (AvgIpc) is 2.52. The van der Waals surface area contributed by atoms with Crippen LogP contribution >= 0.6 is 0 Å². The second-order valence-corrected chi connectivity index (χ2v) is 4.89. The van der Waals surface area contributed by atoms with Gasteiger partial charge in [-0.15, -0.1) is 0 Å². The first-order valence-corrected chi connectivity index (χ1v) is 7.32. The molecular formula is C18H23NO. The highest BCUT2D eigenvalue weighted by Crippen LogP contribution is 2.15. The van der Waals surface area contributed by atoms with Crippen molar-refractivity contribution in [1.29, 1.82) is 0 Å². The summed E-state index contributed by atoms with van der Waals surface area (Å²) in [6.45, 7) is 6.77. The van der Waals surface area contributed by atoms with Gasteiger partial charge in [0.05, 0.1) is 0 Å². The minimum Gasteiger partial charge on any atom is -0.489 e. The summed E-state index contributed by atoms with van der Waals surface area (Å²) in [5.74, 6) is 0.931. The predicted molar refractivity (Wildman–Crippen MR) is 84.0 cm³/mol. The lowest BCUT2D eigenvalue weighted by Gasteiger charge is -2.09. The summed E-state index contributed by atoms with van der Waals surface area (Å²) in [5.41, 5.74) is 3.83. The van der Waals surface area contributed by atoms with Crippen molar-refractivity contribution < 1.29 is 4.74 Å². The first-order chi connectivity index (χ1) is 9.81. The van der Waals surface area contributed by atoms with Crippen molar-refractivity contribution in [3.63, 3.8) is 0 Å². The summed E-state index contributed by atoms with van der Waals surface area (Å²) in [7, 11) is 0. The summed E-state index contributed by atoms with van der Waals surface area (Å²) in [6.07, 6.45) is 1.08. The van der Waals surface area contributed by atoms with Gasteiger partial charge in [0.15, 0.2) is 0 Å². The van der Waals surface area contributed by atoms with Gasteiger partial charge in [0, 0.05) is 6.54 Å². The van der Waals surface area contributed by atoms with E-state index in [0.29, 0.717) is 6.61 Å². The lowest BCUT2D eigenvalue weighted by Crippen LogP contribution is -2.11. The predicted octanol–water partition coefficient (Wildman–Crippen LogP) is 3.94. The third-order valence-corrected chi connectivity index (χ3v) is 3.31. The van der Waals surface area contributed by atoms with Gasteiger partial charge in [-0.2, -0.15) is 0 Å². The molecule has 0 atom stereocenters. The Hall–Kier alpha value is -1.80. The average molecular weight is 269 g/mol. The minimum atomic E-state index is 0.620. The number of hydrogen-bond acceptors (Lipinski definition) is 2. The van der Waals surface area contributed by atoms with Crippen LogP contribution in [0.25, 0.3) is 0 Å². The first kappa shape index (κ1) is 14.6. The molecule has 0 spiro atoms. The van der Waals surface area contributed by atoms with E-state index in [9.17, 15) is 0 Å². The van der Waals surface area contributed by atoms with Gasteiger partial charge < -0.3 is 10.1 Å². The van der Waals surface area contributed by atoms with Gasteiger partial charge in [-0.1, -0.05) is 50.2 Å². The summed E-state index contributed by atoms with van der Waals surface area (Å²) >= 11 is 0. The quantitative estimate of drug-likeness (QED) is 0.822. The molecule has 0 aliphatic rings. The Morgan fingerprint density at radius 1 is 0.900 bits per heavy atom. The normalized spacial score (nSPS) is 10.5. The highest BCUT2D eigenvalue weighted by molar-refractivity contribution is 5.29. The van der Waals surface area contributed by atoms with Crippen LogP contribution in [0, 0.1) is 0 Å². The smallest absolute Gasteiger partial charge is 0.120 e. The van der Waals surface area contributed by atoms with Gasteiger partial charge in [0.25, 0.3) is 0 Å². The molecule has 0 unspecified atom stereocenters. The molecule has 2 nitrogen and oxygen atoms in total. The van der Waals surface area contributed by atoms with Crippen molar-refractivity contribution in [3.8, 4) is 5.75 Å². The summed E-state index contributed by atoms with van der Waals surface area (Å²) in [6, 6.07) is 16.9. The Morgan fingerprint density at radius 2 is 1.65 bits per heavy atom. The number of hydrogen-bond donors (Lipinski definition) is 1. The van der Waals surface area contributed by atoms with Crippen LogP contribution in [0.2, 0.25) is 0 Å². The number of rotatable bonds is 7. The number of nitrogens with one attached hydrogen (secondary N) is 1. The Kier molecular flexibility index (Phi) is 5.63. The molecular weight excluding hydrogens is 246 g/mol. The fraction of sp³-hybridized carbons (Fsp3) is 0.333. The molecule has 0 radical (unpaired) electrons. The molecule has 0 aliphatic carbocycles. The van der Waals surface area contributed by atoms with E-state index in [1.54, 1.807) is 0 Å². The lowest BCUT2D eigenvalue weighted by molar-refractivity contribution is 0.306. The van der Waals surface area contributed by atoms with Crippen molar-refractivity contribution in [3.05, 3.63) is 65.2 Å². The Bertz CT molecular complexity index is 519. The topological polar surface area (TPSA) is 21.3 Å². The van der Waals surface area contributed by atoms with E-state index < -0.39 is 0 Å². The van der Waals surface area contributed by atoms with Crippen molar-refractivity contribution in [1.82, 2.24) is 5.32 Å². The Labute approximate surface area is 121 Å². The molecule has 2 rings (SSSR count). The lowest BCUT2D eigenvalue weighted by atomic mass is 10.1. The molecule has 0 amide bonds. The van der Waals surface area contributed by atoms with Crippen molar-refractivity contribution in [2.45, 2.75) is 33.4 Å². The summed E-state index contributed by atoms with van der Waals surface area (Å²) in [4.78, 5) is 0.